The van der Waals surface area contributed by atoms with E-state index in [1.807, 2.05) is 7.05 Å². The SMILES string of the molecule is CN=C(NCC(C)CN1CCOCC1)N1CCC(OCCCOC)CC1.I. The minimum atomic E-state index is 0. The fourth-order valence-corrected chi connectivity index (χ4v) is 3.57. The molecule has 1 N–H and O–H groups in total. The van der Waals surface area contributed by atoms with E-state index in [9.17, 15) is 0 Å². The highest BCUT2D eigenvalue weighted by atomic mass is 127. The number of likely N-dealkylation sites (tertiary alicyclic amines) is 1. The van der Waals surface area contributed by atoms with Crippen LogP contribution in [-0.4, -0.2) is 102 Å². The molecule has 160 valence electrons. The minimum absolute atomic E-state index is 0. The zero-order valence-electron chi connectivity index (χ0n) is 17.3. The molecule has 1 unspecified atom stereocenters. The number of nitrogens with one attached hydrogen (secondary N) is 1. The second-order valence-electron chi connectivity index (χ2n) is 7.35. The molecule has 2 saturated heterocycles. The van der Waals surface area contributed by atoms with E-state index in [2.05, 4.69) is 27.0 Å². The lowest BCUT2D eigenvalue weighted by atomic mass is 10.1. The molecule has 0 aromatic rings. The molecule has 0 spiro atoms. The lowest BCUT2D eigenvalue weighted by molar-refractivity contribution is 0.00982. The number of rotatable bonds is 9. The number of ether oxygens (including phenoxy) is 3. The first-order valence-electron chi connectivity index (χ1n) is 10.1. The van der Waals surface area contributed by atoms with Gasteiger partial charge in [0, 0.05) is 66.6 Å². The molecule has 1 atom stereocenters. The second-order valence-corrected chi connectivity index (χ2v) is 7.35. The maximum absolute atomic E-state index is 5.95. The summed E-state index contributed by atoms with van der Waals surface area (Å²) >= 11 is 0. The molecule has 27 heavy (non-hydrogen) atoms. The molecule has 2 heterocycles. The molecule has 0 bridgehead atoms. The van der Waals surface area contributed by atoms with Crippen molar-refractivity contribution in [1.82, 2.24) is 15.1 Å². The van der Waals surface area contributed by atoms with Crippen LogP contribution in [0.25, 0.3) is 0 Å². The molecule has 0 aromatic heterocycles. The maximum atomic E-state index is 5.95. The van der Waals surface area contributed by atoms with Crippen LogP contribution in [0.15, 0.2) is 4.99 Å². The van der Waals surface area contributed by atoms with Gasteiger partial charge in [0.25, 0.3) is 0 Å². The van der Waals surface area contributed by atoms with Crippen molar-refractivity contribution in [2.24, 2.45) is 10.9 Å². The van der Waals surface area contributed by atoms with E-state index in [0.717, 1.165) is 90.9 Å². The summed E-state index contributed by atoms with van der Waals surface area (Å²) < 4.78 is 16.4. The highest BCUT2D eigenvalue weighted by Crippen LogP contribution is 2.14. The summed E-state index contributed by atoms with van der Waals surface area (Å²) in [6, 6.07) is 0. The monoisotopic (exact) mass is 498 g/mol. The quantitative estimate of drug-likeness (QED) is 0.226. The molecular weight excluding hydrogens is 459 g/mol. The van der Waals surface area contributed by atoms with E-state index in [1.54, 1.807) is 7.11 Å². The number of morpholine rings is 1. The van der Waals surface area contributed by atoms with Crippen molar-refractivity contribution < 1.29 is 14.2 Å². The van der Waals surface area contributed by atoms with Gasteiger partial charge in [-0.25, -0.2) is 0 Å². The number of hydrogen-bond donors (Lipinski definition) is 1. The largest absolute Gasteiger partial charge is 0.385 e. The van der Waals surface area contributed by atoms with Gasteiger partial charge < -0.3 is 24.4 Å². The third-order valence-electron chi connectivity index (χ3n) is 5.08. The molecule has 0 saturated carbocycles. The van der Waals surface area contributed by atoms with Crippen LogP contribution in [0.2, 0.25) is 0 Å². The molecule has 0 aliphatic carbocycles. The molecular formula is C19H39IN4O3. The van der Waals surface area contributed by atoms with Crippen molar-refractivity contribution in [3.63, 3.8) is 0 Å². The van der Waals surface area contributed by atoms with Crippen LogP contribution >= 0.6 is 24.0 Å². The highest BCUT2D eigenvalue weighted by molar-refractivity contribution is 14.0. The van der Waals surface area contributed by atoms with Gasteiger partial charge in [0.15, 0.2) is 5.96 Å². The predicted molar refractivity (Wildman–Crippen MR) is 120 cm³/mol. The predicted octanol–water partition coefficient (Wildman–Crippen LogP) is 1.67. The first-order chi connectivity index (χ1) is 12.7. The Balaban J connectivity index is 0.00000364. The Hall–Kier alpha value is -0.160. The van der Waals surface area contributed by atoms with E-state index < -0.39 is 0 Å². The number of aliphatic imine (C=N–C) groups is 1. The van der Waals surface area contributed by atoms with Crippen molar-refractivity contribution in [2.45, 2.75) is 32.3 Å². The summed E-state index contributed by atoms with van der Waals surface area (Å²) in [4.78, 5) is 9.33. The first kappa shape index (κ1) is 24.9. The van der Waals surface area contributed by atoms with Gasteiger partial charge in [-0.05, 0) is 25.2 Å². The van der Waals surface area contributed by atoms with Crippen LogP contribution in [0.3, 0.4) is 0 Å². The summed E-state index contributed by atoms with van der Waals surface area (Å²) in [5.41, 5.74) is 0. The topological polar surface area (TPSA) is 58.6 Å². The Kier molecular flexibility index (Phi) is 13.6. The highest BCUT2D eigenvalue weighted by Gasteiger charge is 2.22. The van der Waals surface area contributed by atoms with Gasteiger partial charge in [-0.15, -0.1) is 24.0 Å². The zero-order valence-corrected chi connectivity index (χ0v) is 19.7. The Morgan fingerprint density at radius 2 is 1.89 bits per heavy atom. The molecule has 2 aliphatic rings. The zero-order chi connectivity index (χ0) is 18.6. The molecule has 8 heteroatoms. The van der Waals surface area contributed by atoms with Gasteiger partial charge in [-0.1, -0.05) is 6.92 Å². The lowest BCUT2D eigenvalue weighted by Crippen LogP contribution is -2.49. The molecule has 0 amide bonds. The molecule has 2 aliphatic heterocycles. The van der Waals surface area contributed by atoms with Gasteiger partial charge >= 0.3 is 0 Å². The van der Waals surface area contributed by atoms with Crippen LogP contribution in [0.4, 0.5) is 0 Å². The van der Waals surface area contributed by atoms with E-state index in [4.69, 9.17) is 14.2 Å². The van der Waals surface area contributed by atoms with Crippen molar-refractivity contribution in [3.05, 3.63) is 0 Å². The van der Waals surface area contributed by atoms with Crippen LogP contribution in [-0.2, 0) is 14.2 Å². The van der Waals surface area contributed by atoms with Gasteiger partial charge in [0.05, 0.1) is 19.3 Å². The lowest BCUT2D eigenvalue weighted by Gasteiger charge is -2.35. The van der Waals surface area contributed by atoms with E-state index >= 15 is 0 Å². The molecule has 2 rings (SSSR count). The van der Waals surface area contributed by atoms with E-state index in [-0.39, 0.29) is 24.0 Å². The first-order valence-corrected chi connectivity index (χ1v) is 10.1. The van der Waals surface area contributed by atoms with Gasteiger partial charge in [-0.3, -0.25) is 9.89 Å². The minimum Gasteiger partial charge on any atom is -0.385 e. The fourth-order valence-electron chi connectivity index (χ4n) is 3.57. The van der Waals surface area contributed by atoms with Crippen LogP contribution < -0.4 is 5.32 Å². The molecule has 0 radical (unpaired) electrons. The van der Waals surface area contributed by atoms with Crippen LogP contribution in [0.1, 0.15) is 26.2 Å². The maximum Gasteiger partial charge on any atom is 0.193 e. The summed E-state index contributed by atoms with van der Waals surface area (Å²) in [6.07, 6.45) is 3.48. The number of hydrogen-bond acceptors (Lipinski definition) is 5. The van der Waals surface area contributed by atoms with Crippen molar-refractivity contribution in [2.75, 3.05) is 79.9 Å². The number of methoxy groups -OCH3 is 1. The van der Waals surface area contributed by atoms with Crippen LogP contribution in [0.5, 0.6) is 0 Å². The van der Waals surface area contributed by atoms with Crippen molar-refractivity contribution >= 4 is 29.9 Å². The summed E-state index contributed by atoms with van der Waals surface area (Å²) in [5.74, 6) is 1.61. The number of piperidine rings is 1. The van der Waals surface area contributed by atoms with Crippen LogP contribution in [0, 0.1) is 5.92 Å². The fraction of sp³-hybridized carbons (Fsp3) is 0.947. The normalized spacial score (nSPS) is 21.0. The summed E-state index contributed by atoms with van der Waals surface area (Å²) in [7, 11) is 3.61. The summed E-state index contributed by atoms with van der Waals surface area (Å²) in [5, 5.41) is 3.56. The Bertz CT molecular complexity index is 400. The van der Waals surface area contributed by atoms with Crippen molar-refractivity contribution in [1.29, 1.82) is 0 Å². The molecule has 2 fully saturated rings. The number of guanidine groups is 1. The van der Waals surface area contributed by atoms with Gasteiger partial charge in [0.1, 0.15) is 0 Å². The third-order valence-corrected chi connectivity index (χ3v) is 5.08. The Morgan fingerprint density at radius 1 is 1.19 bits per heavy atom. The standard InChI is InChI=1S/C19H38N4O3.HI/c1-17(16-22-9-13-25-14-10-22)15-21-19(20-2)23-7-5-18(6-8-23)26-12-4-11-24-3;/h17-18H,4-16H2,1-3H3,(H,20,21);1H. The smallest absolute Gasteiger partial charge is 0.193 e. The Labute approximate surface area is 182 Å². The Morgan fingerprint density at radius 3 is 2.52 bits per heavy atom. The average molecular weight is 498 g/mol. The summed E-state index contributed by atoms with van der Waals surface area (Å²) in [6.45, 7) is 11.8. The van der Waals surface area contributed by atoms with E-state index in [1.165, 1.54) is 0 Å². The second kappa shape index (κ2) is 14.8. The van der Waals surface area contributed by atoms with Gasteiger partial charge in [-0.2, -0.15) is 0 Å². The van der Waals surface area contributed by atoms with Crippen molar-refractivity contribution in [3.8, 4) is 0 Å². The number of halogens is 1. The van der Waals surface area contributed by atoms with Gasteiger partial charge in [0.2, 0.25) is 0 Å². The molecule has 0 aromatic carbocycles. The molecule has 7 nitrogen and oxygen atoms in total. The van der Waals surface area contributed by atoms with E-state index in [0.29, 0.717) is 12.0 Å². The number of nitrogens with zero attached hydrogens (tertiary/aromatic N) is 3. The average Bonchev–Trinajstić information content (AvgIpc) is 2.67. The third kappa shape index (κ3) is 9.74.